The summed E-state index contributed by atoms with van der Waals surface area (Å²) in [4.78, 5) is 23.6. The first-order chi connectivity index (χ1) is 13.1. The molecule has 0 spiro atoms. The topological polar surface area (TPSA) is 93.1 Å². The molecule has 0 amide bonds. The average Bonchev–Trinajstić information content (AvgIpc) is 2.95. The minimum absolute atomic E-state index is 0.325. The Morgan fingerprint density at radius 3 is 1.85 bits per heavy atom. The van der Waals surface area contributed by atoms with Crippen molar-refractivity contribution < 1.29 is 29.3 Å². The molecular weight excluding hydrogens is 348 g/mol. The van der Waals surface area contributed by atoms with Crippen LogP contribution in [0.15, 0.2) is 0 Å². The fourth-order valence-corrected chi connectivity index (χ4v) is 3.35. The second kappa shape index (κ2) is 15.0. The summed E-state index contributed by atoms with van der Waals surface area (Å²) in [5.41, 5.74) is 0. The van der Waals surface area contributed by atoms with Crippen LogP contribution in [0.5, 0.6) is 0 Å². The largest absolute Gasteiger partial charge is 0.449 e. The minimum Gasteiger partial charge on any atom is -0.449 e. The van der Waals surface area contributed by atoms with E-state index < -0.39 is 36.7 Å². The summed E-state index contributed by atoms with van der Waals surface area (Å²) in [5.74, 6) is -1.37. The van der Waals surface area contributed by atoms with Gasteiger partial charge in [-0.05, 0) is 6.42 Å². The van der Waals surface area contributed by atoms with Gasteiger partial charge in [0.2, 0.25) is 11.9 Å². The number of aliphatic hydroxyl groups is 2. The zero-order chi connectivity index (χ0) is 19.9. The maximum atomic E-state index is 11.9. The molecule has 1 fully saturated rings. The van der Waals surface area contributed by atoms with Gasteiger partial charge in [-0.1, -0.05) is 84.0 Å². The predicted octanol–water partition coefficient (Wildman–Crippen LogP) is 3.31. The first-order valence-electron chi connectivity index (χ1n) is 10.8. The Morgan fingerprint density at radius 1 is 0.889 bits per heavy atom. The van der Waals surface area contributed by atoms with Crippen LogP contribution in [0.2, 0.25) is 0 Å². The SMILES string of the molecule is CCCCCCCCCCCCCCCOC1C(=O)O[C@H]([C@@H](O)CO)C1=O. The standard InChI is InChI=1S/C21H38O6/c1-2-3-4-5-6-7-8-9-10-11-12-13-14-15-26-20-18(24)19(17(23)16-22)27-21(20)25/h17,19-20,22-23H,2-16H2,1H3/t17-,19+,20?/m0/s1. The molecule has 0 saturated carbocycles. The number of unbranched alkanes of at least 4 members (excludes halogenated alkanes) is 12. The molecule has 1 unspecified atom stereocenters. The number of ether oxygens (including phenoxy) is 2. The number of carbonyl (C=O) groups excluding carboxylic acids is 2. The minimum atomic E-state index is -1.38. The quantitative estimate of drug-likeness (QED) is 0.226. The third-order valence-electron chi connectivity index (χ3n) is 5.06. The summed E-state index contributed by atoms with van der Waals surface area (Å²) in [6, 6.07) is 0. The fourth-order valence-electron chi connectivity index (χ4n) is 3.35. The van der Waals surface area contributed by atoms with Gasteiger partial charge >= 0.3 is 5.97 Å². The lowest BCUT2D eigenvalue weighted by Crippen LogP contribution is -2.37. The number of hydrogen-bond donors (Lipinski definition) is 2. The molecule has 158 valence electrons. The van der Waals surface area contributed by atoms with Crippen molar-refractivity contribution >= 4 is 11.8 Å². The second-order valence-corrected chi connectivity index (χ2v) is 7.50. The summed E-state index contributed by atoms with van der Waals surface area (Å²) >= 11 is 0. The molecule has 2 N–H and O–H groups in total. The maximum Gasteiger partial charge on any atom is 0.344 e. The monoisotopic (exact) mass is 386 g/mol. The van der Waals surface area contributed by atoms with Crippen LogP contribution in [-0.4, -0.2) is 53.5 Å². The van der Waals surface area contributed by atoms with Crippen molar-refractivity contribution in [3.8, 4) is 0 Å². The van der Waals surface area contributed by atoms with E-state index in [0.29, 0.717) is 6.61 Å². The third-order valence-corrected chi connectivity index (χ3v) is 5.06. The molecule has 6 nitrogen and oxygen atoms in total. The molecule has 0 aromatic rings. The molecule has 0 aromatic heterocycles. The Bertz CT molecular complexity index is 411. The molecule has 0 radical (unpaired) electrons. The van der Waals surface area contributed by atoms with Crippen LogP contribution in [0.25, 0.3) is 0 Å². The highest BCUT2D eigenvalue weighted by atomic mass is 16.6. The lowest BCUT2D eigenvalue weighted by Gasteiger charge is -2.12. The van der Waals surface area contributed by atoms with Crippen LogP contribution >= 0.6 is 0 Å². The number of esters is 1. The van der Waals surface area contributed by atoms with Gasteiger partial charge in [0.1, 0.15) is 6.10 Å². The molecule has 1 aliphatic heterocycles. The van der Waals surface area contributed by atoms with Crippen LogP contribution in [0.3, 0.4) is 0 Å². The number of rotatable bonds is 17. The normalized spacial score (nSPS) is 20.9. The van der Waals surface area contributed by atoms with Gasteiger partial charge in [-0.15, -0.1) is 0 Å². The van der Waals surface area contributed by atoms with Crippen LogP contribution < -0.4 is 0 Å². The highest BCUT2D eigenvalue weighted by molar-refractivity contribution is 6.09. The molecule has 6 heteroatoms. The first kappa shape index (κ1) is 24.1. The number of cyclic esters (lactones) is 1. The number of ketones is 1. The summed E-state index contributed by atoms with van der Waals surface area (Å²) in [6.07, 6.45) is 12.3. The summed E-state index contributed by atoms with van der Waals surface area (Å²) in [7, 11) is 0. The average molecular weight is 387 g/mol. The molecule has 0 bridgehead atoms. The smallest absolute Gasteiger partial charge is 0.344 e. The molecule has 1 rings (SSSR count). The predicted molar refractivity (Wildman–Crippen MR) is 103 cm³/mol. The van der Waals surface area contributed by atoms with Crippen molar-refractivity contribution in [3.63, 3.8) is 0 Å². The fraction of sp³-hybridized carbons (Fsp3) is 0.905. The highest BCUT2D eigenvalue weighted by Gasteiger charge is 2.47. The number of Topliss-reactive ketones (excluding diaryl/α,β-unsaturated/α-hetero) is 1. The Balaban J connectivity index is 1.93. The van der Waals surface area contributed by atoms with Crippen molar-refractivity contribution in [2.24, 2.45) is 0 Å². The van der Waals surface area contributed by atoms with Gasteiger partial charge in [0.05, 0.1) is 6.61 Å². The molecule has 3 atom stereocenters. The Labute approximate surface area is 163 Å². The van der Waals surface area contributed by atoms with Crippen molar-refractivity contribution in [1.29, 1.82) is 0 Å². The van der Waals surface area contributed by atoms with E-state index in [-0.39, 0.29) is 0 Å². The van der Waals surface area contributed by atoms with Crippen molar-refractivity contribution in [3.05, 3.63) is 0 Å². The third kappa shape index (κ3) is 9.67. The lowest BCUT2D eigenvalue weighted by molar-refractivity contribution is -0.153. The van der Waals surface area contributed by atoms with E-state index in [1.54, 1.807) is 0 Å². The zero-order valence-corrected chi connectivity index (χ0v) is 16.9. The van der Waals surface area contributed by atoms with Crippen LogP contribution in [0, 0.1) is 0 Å². The van der Waals surface area contributed by atoms with E-state index in [2.05, 4.69) is 6.92 Å². The molecule has 1 aliphatic rings. The van der Waals surface area contributed by atoms with Gasteiger partial charge < -0.3 is 19.7 Å². The Hall–Kier alpha value is -0.980. The molecule has 0 aromatic carbocycles. The van der Waals surface area contributed by atoms with Gasteiger partial charge in [-0.3, -0.25) is 4.79 Å². The maximum absolute atomic E-state index is 11.9. The number of carbonyl (C=O) groups is 2. The molecular formula is C21H38O6. The molecule has 1 saturated heterocycles. The molecule has 27 heavy (non-hydrogen) atoms. The van der Waals surface area contributed by atoms with Crippen LogP contribution in [0.4, 0.5) is 0 Å². The number of aliphatic hydroxyl groups excluding tert-OH is 2. The van der Waals surface area contributed by atoms with Gasteiger partial charge in [-0.25, -0.2) is 4.79 Å². The van der Waals surface area contributed by atoms with E-state index in [4.69, 9.17) is 14.6 Å². The van der Waals surface area contributed by atoms with E-state index in [1.807, 2.05) is 0 Å². The lowest BCUT2D eigenvalue weighted by atomic mass is 10.0. The van der Waals surface area contributed by atoms with Gasteiger partial charge in [0.25, 0.3) is 0 Å². The molecule has 0 aliphatic carbocycles. The van der Waals surface area contributed by atoms with E-state index in [9.17, 15) is 14.7 Å². The van der Waals surface area contributed by atoms with Gasteiger partial charge in [0, 0.05) is 6.61 Å². The zero-order valence-electron chi connectivity index (χ0n) is 16.9. The van der Waals surface area contributed by atoms with E-state index >= 15 is 0 Å². The van der Waals surface area contributed by atoms with Crippen molar-refractivity contribution in [1.82, 2.24) is 0 Å². The summed E-state index contributed by atoms with van der Waals surface area (Å²) in [6.45, 7) is 1.94. The van der Waals surface area contributed by atoms with Crippen LogP contribution in [0.1, 0.15) is 90.4 Å². The number of hydrogen-bond acceptors (Lipinski definition) is 6. The van der Waals surface area contributed by atoms with E-state index in [1.165, 1.54) is 64.2 Å². The summed E-state index contributed by atoms with van der Waals surface area (Å²) < 4.78 is 10.1. The van der Waals surface area contributed by atoms with Crippen molar-refractivity contribution in [2.75, 3.05) is 13.2 Å². The molecule has 1 heterocycles. The first-order valence-corrected chi connectivity index (χ1v) is 10.8. The van der Waals surface area contributed by atoms with Gasteiger partial charge in [0.15, 0.2) is 6.10 Å². The van der Waals surface area contributed by atoms with E-state index in [0.717, 1.165) is 19.3 Å². The highest BCUT2D eigenvalue weighted by Crippen LogP contribution is 2.18. The summed E-state index contributed by atoms with van der Waals surface area (Å²) in [5, 5.41) is 18.3. The van der Waals surface area contributed by atoms with Crippen molar-refractivity contribution in [2.45, 2.75) is 109 Å². The Kier molecular flexibility index (Phi) is 13.4. The van der Waals surface area contributed by atoms with Crippen LogP contribution in [-0.2, 0) is 19.1 Å². The van der Waals surface area contributed by atoms with Gasteiger partial charge in [-0.2, -0.15) is 0 Å². The second-order valence-electron chi connectivity index (χ2n) is 7.50. The Morgan fingerprint density at radius 2 is 1.37 bits per heavy atom.